The van der Waals surface area contributed by atoms with E-state index >= 15 is 0 Å². The Balaban J connectivity index is 1.82. The highest BCUT2D eigenvalue weighted by Gasteiger charge is 2.17. The van der Waals surface area contributed by atoms with E-state index in [4.69, 9.17) is 0 Å². The van der Waals surface area contributed by atoms with E-state index in [0.29, 0.717) is 0 Å². The lowest BCUT2D eigenvalue weighted by Crippen LogP contribution is -2.32. The van der Waals surface area contributed by atoms with Crippen molar-refractivity contribution in [2.75, 3.05) is 18.5 Å². The summed E-state index contributed by atoms with van der Waals surface area (Å²) < 4.78 is 57.1. The highest BCUT2D eigenvalue weighted by Crippen LogP contribution is 2.15. The Morgan fingerprint density at radius 1 is 1.07 bits per heavy atom. The van der Waals surface area contributed by atoms with Gasteiger partial charge in [0.25, 0.3) is 5.91 Å². The number of ether oxygens (including phenoxy) is 1. The van der Waals surface area contributed by atoms with Gasteiger partial charge in [0.2, 0.25) is 10.0 Å². The fourth-order valence-corrected chi connectivity index (χ4v) is 2.90. The molecule has 2 rings (SSSR count). The van der Waals surface area contributed by atoms with Crippen molar-refractivity contribution in [3.05, 3.63) is 59.7 Å². The van der Waals surface area contributed by atoms with E-state index in [9.17, 15) is 26.8 Å². The lowest BCUT2D eigenvalue weighted by Gasteiger charge is -2.09. The molecule has 0 atom stereocenters. The van der Waals surface area contributed by atoms with Gasteiger partial charge in [-0.1, -0.05) is 17.7 Å². The molecule has 0 aliphatic rings. The topological polar surface area (TPSA) is 102 Å². The van der Waals surface area contributed by atoms with Crippen molar-refractivity contribution < 1.29 is 31.5 Å². The molecule has 0 aromatic heterocycles. The van der Waals surface area contributed by atoms with Crippen LogP contribution >= 0.6 is 0 Å². The van der Waals surface area contributed by atoms with Gasteiger partial charge in [-0.3, -0.25) is 9.59 Å². The van der Waals surface area contributed by atoms with Crippen LogP contribution in [0.1, 0.15) is 5.56 Å². The monoisotopic (exact) mass is 398 g/mol. The molecule has 0 aliphatic heterocycles. The minimum absolute atomic E-state index is 0.0276. The van der Waals surface area contributed by atoms with Crippen molar-refractivity contribution in [1.29, 1.82) is 0 Å². The van der Waals surface area contributed by atoms with Crippen molar-refractivity contribution in [3.8, 4) is 0 Å². The largest absolute Gasteiger partial charge is 0.455 e. The number of anilines is 1. The smallest absolute Gasteiger partial charge is 0.321 e. The van der Waals surface area contributed by atoms with Crippen LogP contribution in [0.4, 0.5) is 14.5 Å². The highest BCUT2D eigenvalue weighted by molar-refractivity contribution is 7.89. The Morgan fingerprint density at radius 3 is 2.41 bits per heavy atom. The van der Waals surface area contributed by atoms with Crippen LogP contribution in [-0.2, 0) is 24.3 Å². The molecular weight excluding hydrogens is 382 g/mol. The summed E-state index contributed by atoms with van der Waals surface area (Å²) in [6.45, 7) is 0.306. The van der Waals surface area contributed by atoms with Crippen LogP contribution in [0.3, 0.4) is 0 Å². The number of sulfonamides is 1. The standard InChI is InChI=1S/C17H16F2N2O5S/c1-11-2-5-13(6-3-11)27(24,25)20-9-17(23)26-10-16(22)21-15-8-12(18)4-7-14(15)19/h2-8,20H,9-10H2,1H3,(H,21,22). The zero-order valence-electron chi connectivity index (χ0n) is 14.2. The number of nitrogens with one attached hydrogen (secondary N) is 2. The second kappa shape index (κ2) is 8.69. The Hall–Kier alpha value is -2.85. The van der Waals surface area contributed by atoms with E-state index in [1.165, 1.54) is 12.1 Å². The molecule has 2 aromatic carbocycles. The maximum atomic E-state index is 13.4. The van der Waals surface area contributed by atoms with Gasteiger partial charge in [0.05, 0.1) is 10.6 Å². The lowest BCUT2D eigenvalue weighted by atomic mass is 10.2. The first-order chi connectivity index (χ1) is 12.7. The van der Waals surface area contributed by atoms with Crippen LogP contribution in [0.15, 0.2) is 47.4 Å². The Bertz CT molecular complexity index is 946. The molecular formula is C17H16F2N2O5S. The molecule has 10 heteroatoms. The van der Waals surface area contributed by atoms with E-state index in [0.717, 1.165) is 23.8 Å². The molecule has 0 heterocycles. The van der Waals surface area contributed by atoms with Crippen molar-refractivity contribution in [2.24, 2.45) is 0 Å². The normalized spacial score (nSPS) is 11.1. The summed E-state index contributed by atoms with van der Waals surface area (Å²) in [6, 6.07) is 8.44. The van der Waals surface area contributed by atoms with E-state index in [-0.39, 0.29) is 4.90 Å². The van der Waals surface area contributed by atoms with Gasteiger partial charge >= 0.3 is 5.97 Å². The molecule has 0 unspecified atom stereocenters. The maximum absolute atomic E-state index is 13.4. The molecule has 0 radical (unpaired) electrons. The van der Waals surface area contributed by atoms with Crippen LogP contribution in [0.25, 0.3) is 0 Å². The van der Waals surface area contributed by atoms with Gasteiger partial charge in [-0.15, -0.1) is 0 Å². The number of aryl methyl sites for hydroxylation is 1. The molecule has 0 bridgehead atoms. The van der Waals surface area contributed by atoms with E-state index in [1.807, 2.05) is 10.0 Å². The molecule has 7 nitrogen and oxygen atoms in total. The maximum Gasteiger partial charge on any atom is 0.321 e. The first-order valence-corrected chi connectivity index (χ1v) is 9.12. The lowest BCUT2D eigenvalue weighted by molar-refractivity contribution is -0.146. The number of hydrogen-bond donors (Lipinski definition) is 2. The Morgan fingerprint density at radius 2 is 1.74 bits per heavy atom. The number of carbonyl (C=O) groups is 2. The number of amides is 1. The molecule has 0 saturated heterocycles. The fourth-order valence-electron chi connectivity index (χ4n) is 1.93. The summed E-state index contributed by atoms with van der Waals surface area (Å²) in [5.41, 5.74) is 0.463. The van der Waals surface area contributed by atoms with Gasteiger partial charge in [0.15, 0.2) is 6.61 Å². The van der Waals surface area contributed by atoms with Gasteiger partial charge < -0.3 is 10.1 Å². The molecule has 0 spiro atoms. The molecule has 2 aromatic rings. The van der Waals surface area contributed by atoms with Gasteiger partial charge in [0, 0.05) is 6.07 Å². The number of halogens is 2. The number of benzene rings is 2. The summed E-state index contributed by atoms with van der Waals surface area (Å²) in [4.78, 5) is 23.2. The summed E-state index contributed by atoms with van der Waals surface area (Å²) in [7, 11) is -3.91. The zero-order chi connectivity index (χ0) is 20.0. The molecule has 2 N–H and O–H groups in total. The summed E-state index contributed by atoms with van der Waals surface area (Å²) in [6.07, 6.45) is 0. The summed E-state index contributed by atoms with van der Waals surface area (Å²) in [5, 5.41) is 2.04. The van der Waals surface area contributed by atoms with Gasteiger partial charge in [-0.05, 0) is 31.2 Å². The minimum Gasteiger partial charge on any atom is -0.455 e. The van der Waals surface area contributed by atoms with Gasteiger partial charge in [-0.25, -0.2) is 17.2 Å². The highest BCUT2D eigenvalue weighted by atomic mass is 32.2. The molecule has 0 aliphatic carbocycles. The van der Waals surface area contributed by atoms with Crippen molar-refractivity contribution >= 4 is 27.6 Å². The second-order valence-electron chi connectivity index (χ2n) is 5.47. The number of esters is 1. The van der Waals surface area contributed by atoms with E-state index < -0.39 is 52.4 Å². The molecule has 0 saturated carbocycles. The SMILES string of the molecule is Cc1ccc(S(=O)(=O)NCC(=O)OCC(=O)Nc2cc(F)ccc2F)cc1. The minimum atomic E-state index is -3.91. The molecule has 0 fully saturated rings. The predicted octanol–water partition coefficient (Wildman–Crippen LogP) is 1.73. The average molecular weight is 398 g/mol. The predicted molar refractivity (Wildman–Crippen MR) is 92.3 cm³/mol. The molecule has 27 heavy (non-hydrogen) atoms. The first kappa shape index (κ1) is 20.5. The Labute approximate surface area is 154 Å². The third kappa shape index (κ3) is 6.12. The first-order valence-electron chi connectivity index (χ1n) is 7.64. The van der Waals surface area contributed by atoms with Crippen LogP contribution < -0.4 is 10.0 Å². The Kier molecular flexibility index (Phi) is 6.59. The summed E-state index contributed by atoms with van der Waals surface area (Å²) in [5.74, 6) is -3.54. The summed E-state index contributed by atoms with van der Waals surface area (Å²) >= 11 is 0. The van der Waals surface area contributed by atoms with Crippen LogP contribution in [0.5, 0.6) is 0 Å². The van der Waals surface area contributed by atoms with Crippen molar-refractivity contribution in [3.63, 3.8) is 0 Å². The van der Waals surface area contributed by atoms with E-state index in [2.05, 4.69) is 4.74 Å². The zero-order valence-corrected chi connectivity index (χ0v) is 15.0. The quantitative estimate of drug-likeness (QED) is 0.692. The van der Waals surface area contributed by atoms with Crippen molar-refractivity contribution in [2.45, 2.75) is 11.8 Å². The van der Waals surface area contributed by atoms with Crippen LogP contribution in [0, 0.1) is 18.6 Å². The van der Waals surface area contributed by atoms with Crippen LogP contribution in [0.2, 0.25) is 0 Å². The number of hydrogen-bond acceptors (Lipinski definition) is 5. The van der Waals surface area contributed by atoms with Gasteiger partial charge in [0.1, 0.15) is 18.2 Å². The van der Waals surface area contributed by atoms with E-state index in [1.54, 1.807) is 19.1 Å². The molecule has 1 amide bonds. The second-order valence-corrected chi connectivity index (χ2v) is 7.24. The molecule has 144 valence electrons. The van der Waals surface area contributed by atoms with Gasteiger partial charge in [-0.2, -0.15) is 4.72 Å². The van der Waals surface area contributed by atoms with Crippen molar-refractivity contribution in [1.82, 2.24) is 4.72 Å². The average Bonchev–Trinajstić information content (AvgIpc) is 2.62. The van der Waals surface area contributed by atoms with Crippen LogP contribution in [-0.4, -0.2) is 33.4 Å². The number of carbonyl (C=O) groups excluding carboxylic acids is 2. The third-order valence-corrected chi connectivity index (χ3v) is 4.72. The fraction of sp³-hybridized carbons (Fsp3) is 0.176. The number of rotatable bonds is 7. The third-order valence-electron chi connectivity index (χ3n) is 3.30.